The Labute approximate surface area is 95.8 Å². The lowest BCUT2D eigenvalue weighted by Gasteiger charge is -2.22. The van der Waals surface area contributed by atoms with Gasteiger partial charge in [-0.2, -0.15) is 0 Å². The molecule has 2 N–H and O–H groups in total. The molecular formula is C12H18N2O2. The SMILES string of the molecule is COc1cncc(C(N)C2CCOC2C)c1. The van der Waals surface area contributed by atoms with Crippen LogP contribution < -0.4 is 10.5 Å². The van der Waals surface area contributed by atoms with Gasteiger partial charge in [-0.15, -0.1) is 0 Å². The van der Waals surface area contributed by atoms with Crippen LogP contribution in [0.15, 0.2) is 18.5 Å². The topological polar surface area (TPSA) is 57.4 Å². The third-order valence-corrected chi connectivity index (χ3v) is 3.25. The molecule has 4 nitrogen and oxygen atoms in total. The zero-order valence-corrected chi connectivity index (χ0v) is 9.72. The Morgan fingerprint density at radius 2 is 2.38 bits per heavy atom. The van der Waals surface area contributed by atoms with Crippen LogP contribution in [0.5, 0.6) is 5.75 Å². The Morgan fingerprint density at radius 3 is 3.00 bits per heavy atom. The first kappa shape index (κ1) is 11.4. The molecule has 0 spiro atoms. The molecule has 0 aromatic carbocycles. The quantitative estimate of drug-likeness (QED) is 0.842. The van der Waals surface area contributed by atoms with Crippen LogP contribution >= 0.6 is 0 Å². The molecule has 2 rings (SSSR count). The fraction of sp³-hybridized carbons (Fsp3) is 0.583. The van der Waals surface area contributed by atoms with Gasteiger partial charge in [-0.1, -0.05) is 0 Å². The Hall–Kier alpha value is -1.13. The first-order valence-electron chi connectivity index (χ1n) is 5.58. The van der Waals surface area contributed by atoms with Crippen LogP contribution in [0.1, 0.15) is 24.9 Å². The summed E-state index contributed by atoms with van der Waals surface area (Å²) in [6, 6.07) is 1.92. The second-order valence-corrected chi connectivity index (χ2v) is 4.21. The van der Waals surface area contributed by atoms with E-state index < -0.39 is 0 Å². The van der Waals surface area contributed by atoms with Crippen molar-refractivity contribution in [1.82, 2.24) is 4.98 Å². The van der Waals surface area contributed by atoms with E-state index in [1.807, 2.05) is 6.07 Å². The maximum atomic E-state index is 6.24. The van der Waals surface area contributed by atoms with E-state index in [9.17, 15) is 0 Å². The normalized spacial score (nSPS) is 26.7. The van der Waals surface area contributed by atoms with Crippen molar-refractivity contribution in [3.8, 4) is 5.75 Å². The van der Waals surface area contributed by atoms with E-state index in [2.05, 4.69) is 11.9 Å². The summed E-state index contributed by atoms with van der Waals surface area (Å²) in [7, 11) is 1.63. The molecule has 0 aliphatic carbocycles. The number of nitrogens with two attached hydrogens (primary N) is 1. The molecule has 3 unspecified atom stereocenters. The summed E-state index contributed by atoms with van der Waals surface area (Å²) >= 11 is 0. The minimum Gasteiger partial charge on any atom is -0.495 e. The van der Waals surface area contributed by atoms with Crippen LogP contribution in [-0.2, 0) is 4.74 Å². The molecule has 0 bridgehead atoms. The molecule has 1 aliphatic rings. The van der Waals surface area contributed by atoms with E-state index >= 15 is 0 Å². The predicted octanol–water partition coefficient (Wildman–Crippen LogP) is 1.52. The van der Waals surface area contributed by atoms with Crippen molar-refractivity contribution >= 4 is 0 Å². The Bertz CT molecular complexity index is 357. The van der Waals surface area contributed by atoms with Gasteiger partial charge >= 0.3 is 0 Å². The van der Waals surface area contributed by atoms with E-state index in [0.29, 0.717) is 5.92 Å². The highest BCUT2D eigenvalue weighted by molar-refractivity contribution is 5.26. The molecule has 3 atom stereocenters. The van der Waals surface area contributed by atoms with Gasteiger partial charge in [-0.25, -0.2) is 0 Å². The van der Waals surface area contributed by atoms with Crippen LogP contribution in [-0.4, -0.2) is 24.8 Å². The maximum Gasteiger partial charge on any atom is 0.137 e. The molecule has 16 heavy (non-hydrogen) atoms. The summed E-state index contributed by atoms with van der Waals surface area (Å²) in [6.07, 6.45) is 4.73. The second-order valence-electron chi connectivity index (χ2n) is 4.21. The van der Waals surface area contributed by atoms with Gasteiger partial charge in [0.25, 0.3) is 0 Å². The lowest BCUT2D eigenvalue weighted by Crippen LogP contribution is -2.26. The smallest absolute Gasteiger partial charge is 0.137 e. The number of aromatic nitrogens is 1. The van der Waals surface area contributed by atoms with Gasteiger partial charge in [0.1, 0.15) is 5.75 Å². The van der Waals surface area contributed by atoms with E-state index in [-0.39, 0.29) is 12.1 Å². The molecule has 1 aliphatic heterocycles. The maximum absolute atomic E-state index is 6.24. The third kappa shape index (κ3) is 2.18. The van der Waals surface area contributed by atoms with Crippen LogP contribution in [0.25, 0.3) is 0 Å². The van der Waals surface area contributed by atoms with Crippen molar-refractivity contribution < 1.29 is 9.47 Å². The van der Waals surface area contributed by atoms with Gasteiger partial charge in [-0.3, -0.25) is 4.98 Å². The number of nitrogens with zero attached hydrogens (tertiary/aromatic N) is 1. The summed E-state index contributed by atoms with van der Waals surface area (Å²) in [4.78, 5) is 4.13. The average molecular weight is 222 g/mol. The molecule has 1 fully saturated rings. The molecule has 1 saturated heterocycles. The first-order valence-corrected chi connectivity index (χ1v) is 5.58. The monoisotopic (exact) mass is 222 g/mol. The number of pyridine rings is 1. The van der Waals surface area contributed by atoms with Crippen molar-refractivity contribution in [3.05, 3.63) is 24.0 Å². The summed E-state index contributed by atoms with van der Waals surface area (Å²) in [5, 5.41) is 0. The first-order chi connectivity index (χ1) is 7.72. The minimum atomic E-state index is -0.0277. The summed E-state index contributed by atoms with van der Waals surface area (Å²) < 4.78 is 10.7. The number of hydrogen-bond donors (Lipinski definition) is 1. The van der Waals surface area contributed by atoms with E-state index in [1.54, 1.807) is 19.5 Å². The van der Waals surface area contributed by atoms with E-state index in [0.717, 1.165) is 24.3 Å². The van der Waals surface area contributed by atoms with E-state index in [1.165, 1.54) is 0 Å². The molecule has 2 heterocycles. The molecule has 88 valence electrons. The summed E-state index contributed by atoms with van der Waals surface area (Å²) in [6.45, 7) is 2.88. The molecule has 1 aromatic rings. The molecular weight excluding hydrogens is 204 g/mol. The van der Waals surface area contributed by atoms with Crippen molar-refractivity contribution in [2.75, 3.05) is 13.7 Å². The zero-order chi connectivity index (χ0) is 11.5. The van der Waals surface area contributed by atoms with Crippen LogP contribution in [0.4, 0.5) is 0 Å². The minimum absolute atomic E-state index is 0.0277. The standard InChI is InChI=1S/C12H18N2O2/c1-8-11(3-4-16-8)12(13)9-5-10(15-2)7-14-6-9/h5-8,11-12H,3-4,13H2,1-2H3. The number of ether oxygens (including phenoxy) is 2. The summed E-state index contributed by atoms with van der Waals surface area (Å²) in [5.74, 6) is 1.12. The van der Waals surface area contributed by atoms with Crippen molar-refractivity contribution in [2.45, 2.75) is 25.5 Å². The highest BCUT2D eigenvalue weighted by Crippen LogP contribution is 2.32. The van der Waals surface area contributed by atoms with Gasteiger partial charge in [0.2, 0.25) is 0 Å². The van der Waals surface area contributed by atoms with Crippen LogP contribution in [0, 0.1) is 5.92 Å². The highest BCUT2D eigenvalue weighted by Gasteiger charge is 2.30. The Kier molecular flexibility index (Phi) is 3.41. The van der Waals surface area contributed by atoms with Crippen molar-refractivity contribution in [1.29, 1.82) is 0 Å². The lowest BCUT2D eigenvalue weighted by atomic mass is 9.90. The molecule has 0 amide bonds. The van der Waals surface area contributed by atoms with Gasteiger partial charge in [-0.05, 0) is 25.0 Å². The second kappa shape index (κ2) is 4.80. The summed E-state index contributed by atoms with van der Waals surface area (Å²) in [5.41, 5.74) is 7.25. The van der Waals surface area contributed by atoms with Crippen LogP contribution in [0.2, 0.25) is 0 Å². The Balaban J connectivity index is 2.16. The number of hydrogen-bond acceptors (Lipinski definition) is 4. The molecule has 0 radical (unpaired) electrons. The van der Waals surface area contributed by atoms with Gasteiger partial charge in [0, 0.05) is 24.8 Å². The third-order valence-electron chi connectivity index (χ3n) is 3.25. The average Bonchev–Trinajstić information content (AvgIpc) is 2.74. The van der Waals surface area contributed by atoms with Crippen LogP contribution in [0.3, 0.4) is 0 Å². The fourth-order valence-corrected chi connectivity index (χ4v) is 2.20. The highest BCUT2D eigenvalue weighted by atomic mass is 16.5. The van der Waals surface area contributed by atoms with Crippen molar-refractivity contribution in [3.63, 3.8) is 0 Å². The van der Waals surface area contributed by atoms with E-state index in [4.69, 9.17) is 15.2 Å². The van der Waals surface area contributed by atoms with Crippen molar-refractivity contribution in [2.24, 2.45) is 11.7 Å². The number of methoxy groups -OCH3 is 1. The Morgan fingerprint density at radius 1 is 1.56 bits per heavy atom. The lowest BCUT2D eigenvalue weighted by molar-refractivity contribution is 0.0994. The molecule has 4 heteroatoms. The fourth-order valence-electron chi connectivity index (χ4n) is 2.20. The van der Waals surface area contributed by atoms with Gasteiger partial charge in [0.05, 0.1) is 19.4 Å². The van der Waals surface area contributed by atoms with Gasteiger partial charge in [0.15, 0.2) is 0 Å². The molecule has 0 saturated carbocycles. The van der Waals surface area contributed by atoms with Gasteiger partial charge < -0.3 is 15.2 Å². The largest absolute Gasteiger partial charge is 0.495 e. The zero-order valence-electron chi connectivity index (χ0n) is 9.72. The molecule has 1 aromatic heterocycles. The number of rotatable bonds is 3. The predicted molar refractivity (Wildman–Crippen MR) is 61.2 cm³/mol.